The summed E-state index contributed by atoms with van der Waals surface area (Å²) in [6.45, 7) is 1.44. The van der Waals surface area contributed by atoms with Crippen LogP contribution in [0.5, 0.6) is 11.5 Å². The normalized spacial score (nSPS) is 12.2. The van der Waals surface area contributed by atoms with E-state index in [1.165, 1.54) is 37.3 Å². The van der Waals surface area contributed by atoms with Gasteiger partial charge < -0.3 is 10.1 Å². The number of hydrogen-bond acceptors (Lipinski definition) is 4. The fourth-order valence-corrected chi connectivity index (χ4v) is 4.01. The molecule has 0 aliphatic rings. The van der Waals surface area contributed by atoms with Crippen molar-refractivity contribution in [2.75, 3.05) is 5.32 Å². The van der Waals surface area contributed by atoms with Crippen molar-refractivity contribution in [3.05, 3.63) is 82.8 Å². The molecular weight excluding hydrogens is 447 g/mol. The Morgan fingerprint density at radius 2 is 1.57 bits per heavy atom. The van der Waals surface area contributed by atoms with E-state index in [1.807, 2.05) is 18.2 Å². The van der Waals surface area contributed by atoms with Crippen LogP contribution in [0.3, 0.4) is 0 Å². The second-order valence-electron chi connectivity index (χ2n) is 6.34. The van der Waals surface area contributed by atoms with E-state index in [0.29, 0.717) is 27.2 Å². The summed E-state index contributed by atoms with van der Waals surface area (Å²) in [5, 5.41) is 3.46. The maximum absolute atomic E-state index is 12.6. The summed E-state index contributed by atoms with van der Waals surface area (Å²) < 4.78 is 33.1. The third kappa shape index (κ3) is 5.73. The summed E-state index contributed by atoms with van der Waals surface area (Å²) in [6, 6.07) is 18.4. The van der Waals surface area contributed by atoms with Crippen LogP contribution < -0.4 is 14.8 Å². The highest BCUT2D eigenvalue weighted by Crippen LogP contribution is 2.32. The number of carbonyl (C=O) groups is 1. The number of amides is 1. The number of hydrogen-bond donors (Lipinski definition) is 2. The van der Waals surface area contributed by atoms with E-state index >= 15 is 0 Å². The summed E-state index contributed by atoms with van der Waals surface area (Å²) >= 11 is 11.8. The van der Waals surface area contributed by atoms with Gasteiger partial charge >= 0.3 is 0 Å². The zero-order chi connectivity index (χ0) is 21.7. The molecule has 1 amide bonds. The first kappa shape index (κ1) is 22.1. The van der Waals surface area contributed by atoms with Gasteiger partial charge in [0, 0.05) is 10.0 Å². The Balaban J connectivity index is 1.75. The molecule has 0 saturated heterocycles. The molecule has 0 fully saturated rings. The van der Waals surface area contributed by atoms with E-state index in [-0.39, 0.29) is 4.90 Å². The van der Waals surface area contributed by atoms with Crippen molar-refractivity contribution in [3.8, 4) is 11.5 Å². The van der Waals surface area contributed by atoms with Crippen LogP contribution in [0.15, 0.2) is 77.7 Å². The minimum absolute atomic E-state index is 0.00223. The van der Waals surface area contributed by atoms with Crippen LogP contribution in [-0.4, -0.2) is 20.4 Å². The molecule has 0 radical (unpaired) electrons. The number of rotatable bonds is 7. The second kappa shape index (κ2) is 9.49. The van der Waals surface area contributed by atoms with Crippen LogP contribution in [-0.2, 0) is 14.8 Å². The standard InChI is InChI=1S/C21H18Cl2N2O4S/c1-14(25-30(27,28)18-10-7-15(22)8-11-18)21(26)24-19-13-16(23)9-12-20(19)29-17-5-3-2-4-6-17/h2-14,25H,1H3,(H,24,26). The van der Waals surface area contributed by atoms with Crippen LogP contribution in [0.2, 0.25) is 10.0 Å². The predicted octanol–water partition coefficient (Wildman–Crippen LogP) is 5.09. The number of para-hydroxylation sites is 1. The molecular formula is C21H18Cl2N2O4S. The summed E-state index contributed by atoms with van der Waals surface area (Å²) in [5.41, 5.74) is 0.314. The molecule has 0 aromatic heterocycles. The predicted molar refractivity (Wildman–Crippen MR) is 118 cm³/mol. The van der Waals surface area contributed by atoms with Crippen molar-refractivity contribution >= 4 is 44.8 Å². The number of ether oxygens (including phenoxy) is 1. The van der Waals surface area contributed by atoms with Crippen LogP contribution >= 0.6 is 23.2 Å². The molecule has 6 nitrogen and oxygen atoms in total. The van der Waals surface area contributed by atoms with Gasteiger partial charge in [0.1, 0.15) is 5.75 Å². The average Bonchev–Trinajstić information content (AvgIpc) is 2.71. The summed E-state index contributed by atoms with van der Waals surface area (Å²) in [6.07, 6.45) is 0. The van der Waals surface area contributed by atoms with E-state index < -0.39 is 22.0 Å². The Morgan fingerprint density at radius 3 is 2.23 bits per heavy atom. The lowest BCUT2D eigenvalue weighted by Gasteiger charge is -2.17. The zero-order valence-corrected chi connectivity index (χ0v) is 18.1. The zero-order valence-electron chi connectivity index (χ0n) is 15.8. The van der Waals surface area contributed by atoms with Gasteiger partial charge in [-0.2, -0.15) is 4.72 Å². The Bertz CT molecular complexity index is 1140. The number of sulfonamides is 1. The highest BCUT2D eigenvalue weighted by Gasteiger charge is 2.23. The minimum atomic E-state index is -3.91. The molecule has 3 rings (SSSR count). The van der Waals surface area contributed by atoms with Gasteiger partial charge in [-0.05, 0) is 61.5 Å². The molecule has 156 valence electrons. The summed E-state index contributed by atoms with van der Waals surface area (Å²) in [4.78, 5) is 12.6. The average molecular weight is 465 g/mol. The SMILES string of the molecule is CC(NS(=O)(=O)c1ccc(Cl)cc1)C(=O)Nc1cc(Cl)ccc1Oc1ccccc1. The fraction of sp³-hybridized carbons (Fsp3) is 0.0952. The molecule has 0 aliphatic heterocycles. The number of nitrogens with one attached hydrogen (secondary N) is 2. The van der Waals surface area contributed by atoms with Gasteiger partial charge in [0.05, 0.1) is 16.6 Å². The highest BCUT2D eigenvalue weighted by molar-refractivity contribution is 7.89. The van der Waals surface area contributed by atoms with Crippen LogP contribution in [0, 0.1) is 0 Å². The van der Waals surface area contributed by atoms with Crippen molar-refractivity contribution in [1.29, 1.82) is 0 Å². The van der Waals surface area contributed by atoms with Gasteiger partial charge in [-0.15, -0.1) is 0 Å². The molecule has 0 aliphatic carbocycles. The first-order valence-corrected chi connectivity index (χ1v) is 11.1. The molecule has 3 aromatic rings. The Morgan fingerprint density at radius 1 is 0.933 bits per heavy atom. The van der Waals surface area contributed by atoms with Crippen molar-refractivity contribution in [1.82, 2.24) is 4.72 Å². The van der Waals surface area contributed by atoms with Gasteiger partial charge in [-0.3, -0.25) is 4.79 Å². The van der Waals surface area contributed by atoms with Crippen molar-refractivity contribution in [3.63, 3.8) is 0 Å². The van der Waals surface area contributed by atoms with Crippen molar-refractivity contribution in [2.24, 2.45) is 0 Å². The van der Waals surface area contributed by atoms with Gasteiger partial charge in [0.2, 0.25) is 15.9 Å². The molecule has 1 unspecified atom stereocenters. The molecule has 0 spiro atoms. The lowest BCUT2D eigenvalue weighted by atomic mass is 10.2. The second-order valence-corrected chi connectivity index (χ2v) is 8.93. The van der Waals surface area contributed by atoms with Gasteiger partial charge in [-0.1, -0.05) is 41.4 Å². The van der Waals surface area contributed by atoms with Crippen LogP contribution in [0.25, 0.3) is 0 Å². The molecule has 3 aromatic carbocycles. The Kier molecular flexibility index (Phi) is 6.99. The third-order valence-electron chi connectivity index (χ3n) is 4.02. The Hall–Kier alpha value is -2.58. The molecule has 2 N–H and O–H groups in total. The van der Waals surface area contributed by atoms with E-state index in [2.05, 4.69) is 10.0 Å². The summed E-state index contributed by atoms with van der Waals surface area (Å²) in [7, 11) is -3.91. The van der Waals surface area contributed by atoms with Crippen molar-refractivity contribution < 1.29 is 17.9 Å². The smallest absolute Gasteiger partial charge is 0.242 e. The number of benzene rings is 3. The van der Waals surface area contributed by atoms with Gasteiger partial charge in [0.25, 0.3) is 0 Å². The molecule has 0 bridgehead atoms. The third-order valence-corrected chi connectivity index (χ3v) is 6.06. The number of carbonyl (C=O) groups excluding carboxylic acids is 1. The lowest BCUT2D eigenvalue weighted by Crippen LogP contribution is -2.41. The topological polar surface area (TPSA) is 84.5 Å². The van der Waals surface area contributed by atoms with Gasteiger partial charge in [0.15, 0.2) is 5.75 Å². The quantitative estimate of drug-likeness (QED) is 0.509. The van der Waals surface area contributed by atoms with Crippen LogP contribution in [0.1, 0.15) is 6.92 Å². The molecule has 9 heteroatoms. The molecule has 0 saturated carbocycles. The van der Waals surface area contributed by atoms with E-state index in [0.717, 1.165) is 0 Å². The monoisotopic (exact) mass is 464 g/mol. The van der Waals surface area contributed by atoms with E-state index in [1.54, 1.807) is 24.3 Å². The fourth-order valence-electron chi connectivity index (χ4n) is 2.51. The van der Waals surface area contributed by atoms with Crippen molar-refractivity contribution in [2.45, 2.75) is 17.9 Å². The minimum Gasteiger partial charge on any atom is -0.455 e. The molecule has 1 atom stereocenters. The summed E-state index contributed by atoms with van der Waals surface area (Å²) in [5.74, 6) is 0.367. The number of anilines is 1. The largest absolute Gasteiger partial charge is 0.455 e. The first-order chi connectivity index (χ1) is 14.2. The van der Waals surface area contributed by atoms with E-state index in [9.17, 15) is 13.2 Å². The maximum atomic E-state index is 12.6. The number of halogens is 2. The van der Waals surface area contributed by atoms with Gasteiger partial charge in [-0.25, -0.2) is 8.42 Å². The maximum Gasteiger partial charge on any atom is 0.242 e. The first-order valence-electron chi connectivity index (χ1n) is 8.86. The van der Waals surface area contributed by atoms with Crippen LogP contribution in [0.4, 0.5) is 5.69 Å². The molecule has 30 heavy (non-hydrogen) atoms. The lowest BCUT2D eigenvalue weighted by molar-refractivity contribution is -0.117. The van der Waals surface area contributed by atoms with E-state index in [4.69, 9.17) is 27.9 Å². The highest BCUT2D eigenvalue weighted by atomic mass is 35.5. The Labute approximate surface area is 184 Å². The molecule has 0 heterocycles.